The van der Waals surface area contributed by atoms with E-state index in [0.29, 0.717) is 24.4 Å². The van der Waals surface area contributed by atoms with Crippen LogP contribution in [0.5, 0.6) is 0 Å². The maximum Gasteiger partial charge on any atom is 0.317 e. The number of piperidine rings is 1. The highest BCUT2D eigenvalue weighted by Crippen LogP contribution is 2.42. The van der Waals surface area contributed by atoms with Crippen molar-refractivity contribution in [3.05, 3.63) is 65.0 Å². The van der Waals surface area contributed by atoms with Crippen molar-refractivity contribution in [2.45, 2.75) is 63.3 Å². The minimum atomic E-state index is -0.509. The summed E-state index contributed by atoms with van der Waals surface area (Å²) in [6.45, 7) is 4.38. The van der Waals surface area contributed by atoms with Gasteiger partial charge in [0.15, 0.2) is 0 Å². The van der Waals surface area contributed by atoms with Crippen LogP contribution in [0, 0.1) is 30.4 Å². The predicted molar refractivity (Wildman–Crippen MR) is 132 cm³/mol. The van der Waals surface area contributed by atoms with E-state index in [2.05, 4.69) is 38.2 Å². The van der Waals surface area contributed by atoms with E-state index in [9.17, 15) is 13.6 Å². The number of benzene rings is 1. The van der Waals surface area contributed by atoms with Crippen LogP contribution in [0.3, 0.4) is 0 Å². The minimum Gasteiger partial charge on any atom is -0.335 e. The van der Waals surface area contributed by atoms with E-state index in [0.717, 1.165) is 44.5 Å². The van der Waals surface area contributed by atoms with Gasteiger partial charge in [-0.25, -0.2) is 19.0 Å². The number of fused-ring (bicyclic) bond motifs is 2. The average Bonchev–Trinajstić information content (AvgIpc) is 3.27. The van der Waals surface area contributed by atoms with Crippen molar-refractivity contribution in [1.82, 2.24) is 31.0 Å². The summed E-state index contributed by atoms with van der Waals surface area (Å²) in [5.41, 5.74) is 9.36. The molecule has 1 saturated carbocycles. The van der Waals surface area contributed by atoms with Gasteiger partial charge in [0.2, 0.25) is 0 Å². The molecule has 1 aromatic heterocycles. The van der Waals surface area contributed by atoms with E-state index in [1.165, 1.54) is 23.8 Å². The number of nitrogens with zero attached hydrogens (tertiary/aromatic N) is 3. The topological polar surface area (TPSA) is 72.5 Å². The fourth-order valence-corrected chi connectivity index (χ4v) is 6.86. The van der Waals surface area contributed by atoms with Crippen LogP contribution in [0.1, 0.15) is 48.5 Å². The number of carbonyl (C=O) groups excluding carboxylic acids is 1. The lowest BCUT2D eigenvalue weighted by atomic mass is 9.71. The Morgan fingerprint density at radius 1 is 1.08 bits per heavy atom. The number of nitrogens with one attached hydrogen (secondary N) is 3. The summed E-state index contributed by atoms with van der Waals surface area (Å²) in [6, 6.07) is 8.99. The number of hydrogen-bond donors (Lipinski definition) is 3. The average molecular weight is 497 g/mol. The number of hydrogen-bond acceptors (Lipinski definition) is 5. The second-order valence-electron chi connectivity index (χ2n) is 10.9. The van der Waals surface area contributed by atoms with Gasteiger partial charge in [0.25, 0.3) is 0 Å². The number of halogens is 2. The van der Waals surface area contributed by atoms with Gasteiger partial charge in [-0.3, -0.25) is 15.3 Å². The van der Waals surface area contributed by atoms with E-state index in [-0.39, 0.29) is 36.3 Å². The molecule has 2 amide bonds. The molecular formula is C27H34F2N6O. The Morgan fingerprint density at radius 2 is 1.92 bits per heavy atom. The second kappa shape index (κ2) is 9.68. The lowest BCUT2D eigenvalue weighted by Crippen LogP contribution is -2.64. The number of aryl methyl sites for hydroxylation is 1. The molecule has 6 atom stereocenters. The van der Waals surface area contributed by atoms with Gasteiger partial charge in [0.05, 0.1) is 6.04 Å². The molecule has 4 heterocycles. The van der Waals surface area contributed by atoms with Gasteiger partial charge in [-0.2, -0.15) is 0 Å². The van der Waals surface area contributed by atoms with E-state index in [1.807, 2.05) is 18.0 Å². The van der Waals surface area contributed by atoms with Gasteiger partial charge in [-0.05, 0) is 80.8 Å². The summed E-state index contributed by atoms with van der Waals surface area (Å²) in [4.78, 5) is 21.6. The first-order valence-corrected chi connectivity index (χ1v) is 13.1. The number of urea groups is 1. The summed E-state index contributed by atoms with van der Waals surface area (Å²) in [6.07, 6.45) is 5.62. The van der Waals surface area contributed by atoms with E-state index in [4.69, 9.17) is 0 Å². The largest absolute Gasteiger partial charge is 0.335 e. The Balaban J connectivity index is 1.14. The van der Waals surface area contributed by atoms with Crippen LogP contribution in [0.2, 0.25) is 0 Å². The third kappa shape index (κ3) is 4.48. The molecule has 1 aliphatic carbocycles. The molecule has 0 bridgehead atoms. The third-order valence-corrected chi connectivity index (χ3v) is 8.67. The van der Waals surface area contributed by atoms with E-state index in [1.54, 1.807) is 0 Å². The Kier molecular flexibility index (Phi) is 6.39. The molecule has 36 heavy (non-hydrogen) atoms. The number of hydrazine groups is 1. The van der Waals surface area contributed by atoms with Crippen molar-refractivity contribution in [3.8, 4) is 0 Å². The molecule has 2 aromatic rings. The first kappa shape index (κ1) is 23.8. The maximum atomic E-state index is 14.2. The fraction of sp³-hybridized carbons (Fsp3) is 0.556. The molecule has 7 nitrogen and oxygen atoms in total. The van der Waals surface area contributed by atoms with Gasteiger partial charge in [-0.15, -0.1) is 0 Å². The van der Waals surface area contributed by atoms with Gasteiger partial charge < -0.3 is 10.2 Å². The van der Waals surface area contributed by atoms with Crippen LogP contribution in [-0.2, 0) is 6.54 Å². The van der Waals surface area contributed by atoms with E-state index >= 15 is 0 Å². The van der Waals surface area contributed by atoms with Gasteiger partial charge in [0.1, 0.15) is 11.6 Å². The number of carbonyl (C=O) groups is 1. The van der Waals surface area contributed by atoms with Crippen LogP contribution in [0.15, 0.2) is 36.5 Å². The highest BCUT2D eigenvalue weighted by molar-refractivity contribution is 5.76. The zero-order valence-electron chi connectivity index (χ0n) is 20.6. The monoisotopic (exact) mass is 496 g/mol. The molecule has 3 saturated heterocycles. The lowest BCUT2D eigenvalue weighted by Gasteiger charge is -2.49. The maximum absolute atomic E-state index is 14.2. The molecule has 192 valence electrons. The SMILES string of the molecule is Cc1cc(C2NNC3CC4NC(=O)N([C@@H]5CCCN(Cc6c(F)cccc6F)C5)CC4CC32)ccn1. The molecule has 1 aromatic carbocycles. The highest BCUT2D eigenvalue weighted by Gasteiger charge is 2.48. The smallest absolute Gasteiger partial charge is 0.317 e. The van der Waals surface area contributed by atoms with Crippen molar-refractivity contribution in [3.63, 3.8) is 0 Å². The fourth-order valence-electron chi connectivity index (χ4n) is 6.86. The molecule has 0 spiro atoms. The van der Waals surface area contributed by atoms with E-state index < -0.39 is 11.6 Å². The first-order valence-electron chi connectivity index (χ1n) is 13.1. The molecule has 3 aliphatic heterocycles. The Bertz CT molecular complexity index is 1110. The zero-order valence-corrected chi connectivity index (χ0v) is 20.6. The molecule has 5 unspecified atom stereocenters. The Morgan fingerprint density at radius 3 is 2.72 bits per heavy atom. The molecular weight excluding hydrogens is 462 g/mol. The number of aromatic nitrogens is 1. The molecule has 4 fully saturated rings. The molecule has 0 radical (unpaired) electrons. The quantitative estimate of drug-likeness (QED) is 0.606. The number of amides is 2. The number of pyridine rings is 1. The standard InChI is InChI=1S/C27H34F2N6O/c1-16-10-17(7-8-30-16)26-20-11-18-13-35(27(36)31-24(18)12-25(20)32-33-26)19-4-3-9-34(14-19)15-21-22(28)5-2-6-23(21)29/h2,5-8,10,18-20,24-26,32-33H,3-4,9,11-15H2,1H3,(H,31,36)/t18?,19-,20?,24?,25?,26?/m1/s1. The Hall–Kier alpha value is -2.62. The van der Waals surface area contributed by atoms with Gasteiger partial charge in [-0.1, -0.05) is 6.07 Å². The highest BCUT2D eigenvalue weighted by atomic mass is 19.1. The van der Waals surface area contributed by atoms with Crippen molar-refractivity contribution in [2.75, 3.05) is 19.6 Å². The normalized spacial score (nSPS) is 32.6. The zero-order chi connectivity index (χ0) is 24.8. The van der Waals surface area contributed by atoms with Gasteiger partial charge >= 0.3 is 6.03 Å². The molecule has 6 rings (SSSR count). The minimum absolute atomic E-state index is 0.00844. The lowest BCUT2D eigenvalue weighted by molar-refractivity contribution is 0.0518. The molecule has 4 aliphatic rings. The predicted octanol–water partition coefficient (Wildman–Crippen LogP) is 3.27. The Labute approximate surface area is 210 Å². The van der Waals surface area contributed by atoms with Crippen LogP contribution in [-0.4, -0.2) is 58.6 Å². The third-order valence-electron chi connectivity index (χ3n) is 8.67. The second-order valence-corrected chi connectivity index (χ2v) is 10.9. The van der Waals surface area contributed by atoms with Gasteiger partial charge in [0, 0.05) is 55.2 Å². The van der Waals surface area contributed by atoms with Crippen LogP contribution in [0.4, 0.5) is 13.6 Å². The van der Waals surface area contributed by atoms with Crippen LogP contribution >= 0.6 is 0 Å². The molecule has 3 N–H and O–H groups in total. The first-order chi connectivity index (χ1) is 17.5. The van der Waals surface area contributed by atoms with Crippen molar-refractivity contribution < 1.29 is 13.6 Å². The summed E-state index contributed by atoms with van der Waals surface area (Å²) in [5.74, 6) is -0.206. The number of rotatable bonds is 4. The number of likely N-dealkylation sites (tertiary alicyclic amines) is 1. The summed E-state index contributed by atoms with van der Waals surface area (Å²) in [7, 11) is 0. The summed E-state index contributed by atoms with van der Waals surface area (Å²) < 4.78 is 28.5. The summed E-state index contributed by atoms with van der Waals surface area (Å²) in [5, 5.41) is 3.30. The molecule has 9 heteroatoms. The van der Waals surface area contributed by atoms with Crippen LogP contribution < -0.4 is 16.2 Å². The van der Waals surface area contributed by atoms with Crippen molar-refractivity contribution in [1.29, 1.82) is 0 Å². The summed E-state index contributed by atoms with van der Waals surface area (Å²) >= 11 is 0. The van der Waals surface area contributed by atoms with Crippen molar-refractivity contribution in [2.24, 2.45) is 11.8 Å². The van der Waals surface area contributed by atoms with Crippen LogP contribution in [0.25, 0.3) is 0 Å². The van der Waals surface area contributed by atoms with Crippen molar-refractivity contribution >= 4 is 6.03 Å².